The first kappa shape index (κ1) is 12.6. The number of halogens is 1. The van der Waals surface area contributed by atoms with Gasteiger partial charge in [-0.15, -0.1) is 11.8 Å². The number of hydrogen-bond acceptors (Lipinski definition) is 2. The number of carbonyl (C=O) groups excluding carboxylic acids is 1. The second kappa shape index (κ2) is 6.90. The molecule has 15 heavy (non-hydrogen) atoms. The van der Waals surface area contributed by atoms with Gasteiger partial charge in [-0.1, -0.05) is 15.9 Å². The highest BCUT2D eigenvalue weighted by molar-refractivity contribution is 9.10. The van der Waals surface area contributed by atoms with Crippen LogP contribution in [0.1, 0.15) is 13.3 Å². The predicted molar refractivity (Wildman–Crippen MR) is 68.2 cm³/mol. The fraction of sp³-hybridized carbons (Fsp3) is 0.364. The summed E-state index contributed by atoms with van der Waals surface area (Å²) in [6.07, 6.45) is 0.578. The number of amides is 1. The third kappa shape index (κ3) is 5.23. The van der Waals surface area contributed by atoms with Crippen molar-refractivity contribution in [2.24, 2.45) is 0 Å². The van der Waals surface area contributed by atoms with Gasteiger partial charge in [0.25, 0.3) is 0 Å². The molecule has 2 nitrogen and oxygen atoms in total. The van der Waals surface area contributed by atoms with Crippen LogP contribution in [0.2, 0.25) is 0 Å². The molecule has 0 saturated carbocycles. The number of carbonyl (C=O) groups is 1. The van der Waals surface area contributed by atoms with Crippen molar-refractivity contribution in [1.82, 2.24) is 5.32 Å². The Bertz CT molecular complexity index is 313. The molecule has 1 rings (SSSR count). The molecule has 0 unspecified atom stereocenters. The molecule has 0 aliphatic carbocycles. The zero-order valence-electron chi connectivity index (χ0n) is 8.63. The van der Waals surface area contributed by atoms with Crippen molar-refractivity contribution in [2.75, 3.05) is 12.3 Å². The van der Waals surface area contributed by atoms with E-state index in [-0.39, 0.29) is 5.91 Å². The Labute approximate surface area is 103 Å². The first-order valence-corrected chi connectivity index (χ1v) is 6.65. The van der Waals surface area contributed by atoms with Gasteiger partial charge in [-0.3, -0.25) is 4.79 Å². The minimum absolute atomic E-state index is 0.127. The third-order valence-electron chi connectivity index (χ3n) is 1.79. The molecule has 1 N–H and O–H groups in total. The molecule has 0 fully saturated rings. The van der Waals surface area contributed by atoms with Gasteiger partial charge < -0.3 is 5.32 Å². The van der Waals surface area contributed by atoms with Gasteiger partial charge in [0.05, 0.1) is 0 Å². The molecular weight excluding hydrogens is 274 g/mol. The lowest BCUT2D eigenvalue weighted by molar-refractivity contribution is -0.120. The summed E-state index contributed by atoms with van der Waals surface area (Å²) in [5.74, 6) is 0.954. The van der Waals surface area contributed by atoms with E-state index >= 15 is 0 Å². The highest BCUT2D eigenvalue weighted by Gasteiger charge is 1.99. The number of thioether (sulfide) groups is 1. The zero-order chi connectivity index (χ0) is 11.1. The monoisotopic (exact) mass is 287 g/mol. The van der Waals surface area contributed by atoms with Gasteiger partial charge in [-0.2, -0.15) is 0 Å². The molecule has 0 saturated heterocycles. The summed E-state index contributed by atoms with van der Waals surface area (Å²) >= 11 is 5.09. The first-order chi connectivity index (χ1) is 7.22. The van der Waals surface area contributed by atoms with Crippen LogP contribution in [0, 0.1) is 0 Å². The van der Waals surface area contributed by atoms with Gasteiger partial charge in [0.15, 0.2) is 0 Å². The van der Waals surface area contributed by atoms with E-state index in [2.05, 4.69) is 21.2 Å². The third-order valence-corrected chi connectivity index (χ3v) is 3.33. The van der Waals surface area contributed by atoms with Gasteiger partial charge in [0.2, 0.25) is 5.91 Å². The van der Waals surface area contributed by atoms with Crippen molar-refractivity contribution in [1.29, 1.82) is 0 Å². The van der Waals surface area contributed by atoms with Crippen LogP contribution < -0.4 is 5.32 Å². The summed E-state index contributed by atoms with van der Waals surface area (Å²) in [5, 5.41) is 2.78. The molecule has 0 bridgehead atoms. The Balaban J connectivity index is 2.26. The standard InChI is InChI=1S/C11H14BrNOS/c1-2-13-11(14)7-8-15-10-5-3-9(12)4-6-10/h3-6H,2,7-8H2,1H3,(H,13,14). The van der Waals surface area contributed by atoms with Gasteiger partial charge in [-0.05, 0) is 31.2 Å². The lowest BCUT2D eigenvalue weighted by Gasteiger charge is -2.02. The van der Waals surface area contributed by atoms with Crippen LogP contribution in [-0.4, -0.2) is 18.2 Å². The molecule has 1 aromatic rings. The zero-order valence-corrected chi connectivity index (χ0v) is 11.0. The van der Waals surface area contributed by atoms with Crippen LogP contribution in [0.25, 0.3) is 0 Å². The summed E-state index contributed by atoms with van der Waals surface area (Å²) in [5.41, 5.74) is 0. The summed E-state index contributed by atoms with van der Waals surface area (Å²) in [7, 11) is 0. The molecule has 1 aromatic carbocycles. The summed E-state index contributed by atoms with van der Waals surface area (Å²) < 4.78 is 1.08. The predicted octanol–water partition coefficient (Wildman–Crippen LogP) is 3.07. The van der Waals surface area contributed by atoms with Crippen LogP contribution in [0.3, 0.4) is 0 Å². The maximum Gasteiger partial charge on any atom is 0.220 e. The van der Waals surface area contributed by atoms with E-state index in [1.54, 1.807) is 11.8 Å². The fourth-order valence-corrected chi connectivity index (χ4v) is 2.19. The van der Waals surface area contributed by atoms with E-state index in [1.807, 2.05) is 31.2 Å². The molecule has 82 valence electrons. The maximum atomic E-state index is 11.2. The Morgan fingerprint density at radius 2 is 2.07 bits per heavy atom. The van der Waals surface area contributed by atoms with Crippen LogP contribution in [0.5, 0.6) is 0 Å². The van der Waals surface area contributed by atoms with Crippen molar-refractivity contribution >= 4 is 33.6 Å². The summed E-state index contributed by atoms with van der Waals surface area (Å²) in [6, 6.07) is 8.11. The van der Waals surface area contributed by atoms with Crippen molar-refractivity contribution in [2.45, 2.75) is 18.2 Å². The molecule has 0 aliphatic rings. The molecule has 0 aromatic heterocycles. The molecule has 0 spiro atoms. The Morgan fingerprint density at radius 1 is 1.40 bits per heavy atom. The highest BCUT2D eigenvalue weighted by Crippen LogP contribution is 2.20. The van der Waals surface area contributed by atoms with E-state index in [0.29, 0.717) is 13.0 Å². The van der Waals surface area contributed by atoms with E-state index in [9.17, 15) is 4.79 Å². The Hall–Kier alpha value is -0.480. The fourth-order valence-electron chi connectivity index (χ4n) is 1.08. The minimum Gasteiger partial charge on any atom is -0.356 e. The lowest BCUT2D eigenvalue weighted by atomic mass is 10.4. The first-order valence-electron chi connectivity index (χ1n) is 4.87. The molecule has 1 amide bonds. The average molecular weight is 288 g/mol. The minimum atomic E-state index is 0.127. The van der Waals surface area contributed by atoms with E-state index in [4.69, 9.17) is 0 Å². The molecule has 0 atom stereocenters. The molecule has 0 heterocycles. The average Bonchev–Trinajstić information content (AvgIpc) is 2.21. The number of nitrogens with one attached hydrogen (secondary N) is 1. The molecular formula is C11H14BrNOS. The van der Waals surface area contributed by atoms with Crippen molar-refractivity contribution in [3.63, 3.8) is 0 Å². The summed E-state index contributed by atoms with van der Waals surface area (Å²) in [4.78, 5) is 12.4. The molecule has 4 heteroatoms. The topological polar surface area (TPSA) is 29.1 Å². The quantitative estimate of drug-likeness (QED) is 0.844. The van der Waals surface area contributed by atoms with Crippen LogP contribution in [0.15, 0.2) is 33.6 Å². The van der Waals surface area contributed by atoms with E-state index < -0.39 is 0 Å². The van der Waals surface area contributed by atoms with Crippen LogP contribution >= 0.6 is 27.7 Å². The SMILES string of the molecule is CCNC(=O)CCSc1ccc(Br)cc1. The maximum absolute atomic E-state index is 11.2. The number of benzene rings is 1. The normalized spacial score (nSPS) is 10.0. The lowest BCUT2D eigenvalue weighted by Crippen LogP contribution is -2.22. The van der Waals surface area contributed by atoms with Crippen molar-refractivity contribution in [3.8, 4) is 0 Å². The van der Waals surface area contributed by atoms with Gasteiger partial charge >= 0.3 is 0 Å². The smallest absolute Gasteiger partial charge is 0.220 e. The van der Waals surface area contributed by atoms with Crippen molar-refractivity contribution in [3.05, 3.63) is 28.7 Å². The van der Waals surface area contributed by atoms with Crippen molar-refractivity contribution < 1.29 is 4.79 Å². The molecule has 0 aliphatic heterocycles. The van der Waals surface area contributed by atoms with Gasteiger partial charge in [-0.25, -0.2) is 0 Å². The Kier molecular flexibility index (Phi) is 5.79. The van der Waals surface area contributed by atoms with Crippen LogP contribution in [-0.2, 0) is 4.79 Å². The van der Waals surface area contributed by atoms with E-state index in [1.165, 1.54) is 4.90 Å². The highest BCUT2D eigenvalue weighted by atomic mass is 79.9. The summed E-state index contributed by atoms with van der Waals surface area (Å²) in [6.45, 7) is 2.64. The Morgan fingerprint density at radius 3 is 2.67 bits per heavy atom. The number of hydrogen-bond donors (Lipinski definition) is 1. The van der Waals surface area contributed by atoms with Gasteiger partial charge in [0, 0.05) is 28.1 Å². The number of rotatable bonds is 5. The second-order valence-electron chi connectivity index (χ2n) is 3.01. The second-order valence-corrected chi connectivity index (χ2v) is 5.09. The molecule has 0 radical (unpaired) electrons. The van der Waals surface area contributed by atoms with E-state index in [0.717, 1.165) is 10.2 Å². The largest absolute Gasteiger partial charge is 0.356 e. The van der Waals surface area contributed by atoms with Crippen LogP contribution in [0.4, 0.5) is 0 Å². The van der Waals surface area contributed by atoms with Gasteiger partial charge in [0.1, 0.15) is 0 Å².